The van der Waals surface area contributed by atoms with E-state index in [0.29, 0.717) is 25.6 Å². The maximum atomic E-state index is 5.72. The van der Waals surface area contributed by atoms with E-state index in [9.17, 15) is 0 Å². The van der Waals surface area contributed by atoms with Crippen LogP contribution in [0.15, 0.2) is 0 Å². The predicted octanol–water partition coefficient (Wildman–Crippen LogP) is 0.209. The molecule has 3 nitrogen and oxygen atoms in total. The summed E-state index contributed by atoms with van der Waals surface area (Å²) in [5.41, 5.74) is 5.53. The third-order valence-corrected chi connectivity index (χ3v) is 2.41. The van der Waals surface area contributed by atoms with E-state index in [4.69, 9.17) is 16.9 Å². The van der Waals surface area contributed by atoms with Crippen LogP contribution in [0.2, 0.25) is 0 Å². The molecule has 0 aromatic carbocycles. The molecule has 0 aliphatic carbocycles. The molecule has 0 heterocycles. The fourth-order valence-electron chi connectivity index (χ4n) is 1.27. The van der Waals surface area contributed by atoms with Gasteiger partial charge in [0.2, 0.25) is 0 Å². The lowest BCUT2D eigenvalue weighted by Gasteiger charge is -2.36. The summed E-state index contributed by atoms with van der Waals surface area (Å²) in [6, 6.07) is 0. The first-order chi connectivity index (χ1) is 6.13. The largest absolute Gasteiger partial charge is 0.383 e. The molecule has 0 bridgehead atoms. The van der Waals surface area contributed by atoms with Crippen LogP contribution < -0.4 is 11.1 Å². The summed E-state index contributed by atoms with van der Waals surface area (Å²) in [6.45, 7) is 5.85. The molecule has 76 valence electrons. The molecule has 0 fully saturated rings. The van der Waals surface area contributed by atoms with Crippen molar-refractivity contribution < 1.29 is 4.74 Å². The summed E-state index contributed by atoms with van der Waals surface area (Å²) in [6.07, 6.45) is 5.19. The Morgan fingerprint density at radius 3 is 2.54 bits per heavy atom. The van der Waals surface area contributed by atoms with Gasteiger partial charge in [0.25, 0.3) is 0 Å². The summed E-state index contributed by atoms with van der Waals surface area (Å²) < 4.78 is 5.15. The van der Waals surface area contributed by atoms with Crippen LogP contribution in [0.5, 0.6) is 0 Å². The van der Waals surface area contributed by atoms with Crippen molar-refractivity contribution in [2.45, 2.75) is 19.4 Å². The van der Waals surface area contributed by atoms with Crippen molar-refractivity contribution in [3.8, 4) is 12.3 Å². The highest BCUT2D eigenvalue weighted by atomic mass is 16.5. The van der Waals surface area contributed by atoms with Crippen molar-refractivity contribution >= 4 is 0 Å². The lowest BCUT2D eigenvalue weighted by atomic mass is 9.87. The zero-order valence-corrected chi connectivity index (χ0v) is 8.76. The fraction of sp³-hybridized carbons (Fsp3) is 0.800. The number of terminal acetylenes is 1. The topological polar surface area (TPSA) is 47.3 Å². The molecule has 1 atom stereocenters. The number of nitrogens with one attached hydrogen (secondary N) is 1. The first-order valence-electron chi connectivity index (χ1n) is 4.50. The highest BCUT2D eigenvalue weighted by Crippen LogP contribution is 2.15. The second-order valence-electron chi connectivity index (χ2n) is 3.51. The zero-order valence-electron chi connectivity index (χ0n) is 8.76. The third kappa shape index (κ3) is 3.35. The van der Waals surface area contributed by atoms with Crippen LogP contribution in [-0.2, 0) is 4.74 Å². The van der Waals surface area contributed by atoms with Crippen molar-refractivity contribution in [2.75, 3.05) is 26.8 Å². The molecule has 0 saturated carbocycles. The average Bonchev–Trinajstić information content (AvgIpc) is 2.12. The van der Waals surface area contributed by atoms with Crippen LogP contribution in [0, 0.1) is 18.3 Å². The van der Waals surface area contributed by atoms with Crippen LogP contribution in [0.25, 0.3) is 0 Å². The van der Waals surface area contributed by atoms with Crippen molar-refractivity contribution in [3.05, 3.63) is 0 Å². The van der Waals surface area contributed by atoms with E-state index < -0.39 is 0 Å². The van der Waals surface area contributed by atoms with Gasteiger partial charge in [-0.2, -0.15) is 0 Å². The van der Waals surface area contributed by atoms with E-state index in [1.807, 2.05) is 0 Å². The van der Waals surface area contributed by atoms with Crippen LogP contribution in [0.1, 0.15) is 13.8 Å². The van der Waals surface area contributed by atoms with Crippen molar-refractivity contribution in [3.63, 3.8) is 0 Å². The molecule has 13 heavy (non-hydrogen) atoms. The summed E-state index contributed by atoms with van der Waals surface area (Å²) in [4.78, 5) is 0. The van der Waals surface area contributed by atoms with Crippen molar-refractivity contribution in [2.24, 2.45) is 11.7 Å². The van der Waals surface area contributed by atoms with Gasteiger partial charge < -0.3 is 10.5 Å². The third-order valence-electron chi connectivity index (χ3n) is 2.41. The van der Waals surface area contributed by atoms with Gasteiger partial charge in [0, 0.05) is 13.7 Å². The molecular formula is C10H20N2O. The molecule has 0 amide bonds. The molecule has 0 aromatic rings. The Bertz CT molecular complexity index is 174. The second kappa shape index (κ2) is 5.98. The van der Waals surface area contributed by atoms with Gasteiger partial charge in [-0.15, -0.1) is 6.42 Å². The summed E-state index contributed by atoms with van der Waals surface area (Å²) in [5, 5.41) is 3.25. The minimum Gasteiger partial charge on any atom is -0.383 e. The lowest BCUT2D eigenvalue weighted by molar-refractivity contribution is 0.0862. The number of hydrogen-bond acceptors (Lipinski definition) is 3. The molecule has 3 N–H and O–H groups in total. The van der Waals surface area contributed by atoms with E-state index in [-0.39, 0.29) is 5.54 Å². The second-order valence-corrected chi connectivity index (χ2v) is 3.51. The molecule has 1 unspecified atom stereocenters. The molecule has 0 saturated heterocycles. The Kier molecular flexibility index (Phi) is 5.72. The molecule has 0 aromatic heterocycles. The fourth-order valence-corrected chi connectivity index (χ4v) is 1.27. The minimum absolute atomic E-state index is 0.193. The molecule has 0 aliphatic heterocycles. The quantitative estimate of drug-likeness (QED) is 0.580. The van der Waals surface area contributed by atoms with Crippen molar-refractivity contribution in [1.82, 2.24) is 5.32 Å². The number of ether oxygens (including phenoxy) is 1. The molecule has 0 spiro atoms. The zero-order chi connectivity index (χ0) is 10.3. The number of hydrogen-bond donors (Lipinski definition) is 2. The highest BCUT2D eigenvalue weighted by Gasteiger charge is 2.31. The summed E-state index contributed by atoms with van der Waals surface area (Å²) in [7, 11) is 1.67. The van der Waals surface area contributed by atoms with Crippen LogP contribution in [0.3, 0.4) is 0 Å². The normalized spacial score (nSPS) is 15.4. The molecule has 0 radical (unpaired) electrons. The van der Waals surface area contributed by atoms with Gasteiger partial charge in [-0.25, -0.2) is 0 Å². The van der Waals surface area contributed by atoms with Crippen LogP contribution in [-0.4, -0.2) is 32.3 Å². The predicted molar refractivity (Wildman–Crippen MR) is 55.3 cm³/mol. The van der Waals surface area contributed by atoms with E-state index in [1.54, 1.807) is 7.11 Å². The van der Waals surface area contributed by atoms with Crippen LogP contribution >= 0.6 is 0 Å². The molecular weight excluding hydrogens is 164 g/mol. The lowest BCUT2D eigenvalue weighted by Crippen LogP contribution is -2.58. The summed E-state index contributed by atoms with van der Waals surface area (Å²) >= 11 is 0. The Morgan fingerprint density at radius 2 is 2.23 bits per heavy atom. The van der Waals surface area contributed by atoms with Gasteiger partial charge in [0.15, 0.2) is 0 Å². The highest BCUT2D eigenvalue weighted by molar-refractivity contribution is 4.97. The van der Waals surface area contributed by atoms with E-state index in [1.165, 1.54) is 0 Å². The Morgan fingerprint density at radius 1 is 1.62 bits per heavy atom. The Labute approximate surface area is 81.0 Å². The molecule has 3 heteroatoms. The number of nitrogens with two attached hydrogens (primary N) is 1. The number of methoxy groups -OCH3 is 1. The maximum Gasteiger partial charge on any atom is 0.0659 e. The van der Waals surface area contributed by atoms with Gasteiger partial charge in [0.05, 0.1) is 18.7 Å². The minimum atomic E-state index is -0.193. The monoisotopic (exact) mass is 184 g/mol. The van der Waals surface area contributed by atoms with E-state index in [0.717, 1.165) is 0 Å². The first kappa shape index (κ1) is 12.4. The van der Waals surface area contributed by atoms with Crippen molar-refractivity contribution in [1.29, 1.82) is 0 Å². The van der Waals surface area contributed by atoms with Gasteiger partial charge >= 0.3 is 0 Å². The SMILES string of the molecule is C#CCNC(CN)(COC)C(C)C. The standard InChI is InChI=1S/C10H20N2O/c1-5-6-12-10(7-11,8-13-4)9(2)3/h1,9,12H,6-8,11H2,2-4H3. The van der Waals surface area contributed by atoms with E-state index in [2.05, 4.69) is 25.1 Å². The summed E-state index contributed by atoms with van der Waals surface area (Å²) in [5.74, 6) is 2.94. The Hall–Kier alpha value is -0.560. The Balaban J connectivity index is 4.36. The van der Waals surface area contributed by atoms with Gasteiger partial charge in [-0.1, -0.05) is 19.8 Å². The van der Waals surface area contributed by atoms with E-state index >= 15 is 0 Å². The maximum absolute atomic E-state index is 5.72. The van der Waals surface area contributed by atoms with Gasteiger partial charge in [-0.05, 0) is 5.92 Å². The first-order valence-corrected chi connectivity index (χ1v) is 4.50. The smallest absolute Gasteiger partial charge is 0.0659 e. The number of rotatable bonds is 6. The van der Waals surface area contributed by atoms with Gasteiger partial charge in [-0.3, -0.25) is 5.32 Å². The van der Waals surface area contributed by atoms with Crippen LogP contribution in [0.4, 0.5) is 0 Å². The van der Waals surface area contributed by atoms with Gasteiger partial charge in [0.1, 0.15) is 0 Å². The average molecular weight is 184 g/mol. The molecule has 0 aliphatic rings. The molecule has 0 rings (SSSR count).